The zero-order chi connectivity index (χ0) is 16.6. The molecule has 2 aromatic rings. The van der Waals surface area contributed by atoms with Gasteiger partial charge in [0.1, 0.15) is 9.88 Å². The number of nitrogens with one attached hydrogen (secondary N) is 1. The highest BCUT2D eigenvalue weighted by Crippen LogP contribution is 2.30. The lowest BCUT2D eigenvalue weighted by Gasteiger charge is -2.31. The van der Waals surface area contributed by atoms with Crippen LogP contribution in [0.25, 0.3) is 10.6 Å². The van der Waals surface area contributed by atoms with Gasteiger partial charge in [-0.15, -0.1) is 23.7 Å². The molecule has 1 amide bonds. The number of nitrogens with zero attached hydrogens (tertiary/aromatic N) is 2. The predicted octanol–water partition coefficient (Wildman–Crippen LogP) is 3.25. The van der Waals surface area contributed by atoms with Gasteiger partial charge < -0.3 is 10.2 Å². The molecule has 0 bridgehead atoms. The molecule has 1 atom stereocenters. The Kier molecular flexibility index (Phi) is 5.90. The number of halogens is 3. The lowest BCUT2D eigenvalue weighted by atomic mass is 10.2. The Morgan fingerprint density at radius 1 is 1.38 bits per heavy atom. The summed E-state index contributed by atoms with van der Waals surface area (Å²) in [4.78, 5) is 19.4. The standard InChI is InChI=1S/C16H17F2N3OS.ClH/c1-9-8-21(6-5-19-9)16(22)14-10(2)20-15(23-14)11-3-4-12(17)13(18)7-11;/h3-4,7,9,19H,5-6,8H2,1-2H3;1H/t9-;/m1./s1. The molecule has 4 nitrogen and oxygen atoms in total. The molecule has 24 heavy (non-hydrogen) atoms. The molecule has 3 rings (SSSR count). The number of piperazine rings is 1. The van der Waals surface area contributed by atoms with Crippen LogP contribution in [0.2, 0.25) is 0 Å². The van der Waals surface area contributed by atoms with Crippen LogP contribution >= 0.6 is 23.7 Å². The molecule has 1 aliphatic heterocycles. The van der Waals surface area contributed by atoms with Crippen molar-refractivity contribution in [3.05, 3.63) is 40.4 Å². The zero-order valence-electron chi connectivity index (χ0n) is 13.3. The molecular weight excluding hydrogens is 356 g/mol. The first-order valence-corrected chi connectivity index (χ1v) is 8.23. The molecule has 2 heterocycles. The van der Waals surface area contributed by atoms with Crippen LogP contribution in [0, 0.1) is 18.6 Å². The molecule has 1 aromatic carbocycles. The summed E-state index contributed by atoms with van der Waals surface area (Å²) < 4.78 is 26.4. The maximum absolute atomic E-state index is 13.4. The van der Waals surface area contributed by atoms with Crippen molar-refractivity contribution in [3.8, 4) is 10.6 Å². The summed E-state index contributed by atoms with van der Waals surface area (Å²) in [6.45, 7) is 5.86. The van der Waals surface area contributed by atoms with Crippen LogP contribution in [0.3, 0.4) is 0 Å². The van der Waals surface area contributed by atoms with Gasteiger partial charge in [0.15, 0.2) is 11.6 Å². The maximum atomic E-state index is 13.4. The van der Waals surface area contributed by atoms with Crippen molar-refractivity contribution in [1.29, 1.82) is 0 Å². The molecule has 1 fully saturated rings. The fourth-order valence-electron chi connectivity index (χ4n) is 2.61. The number of carbonyl (C=O) groups is 1. The molecule has 1 aliphatic rings. The third kappa shape index (κ3) is 3.74. The van der Waals surface area contributed by atoms with E-state index in [1.165, 1.54) is 17.4 Å². The predicted molar refractivity (Wildman–Crippen MR) is 92.8 cm³/mol. The van der Waals surface area contributed by atoms with Crippen LogP contribution in [-0.2, 0) is 0 Å². The highest BCUT2D eigenvalue weighted by molar-refractivity contribution is 7.17. The number of benzene rings is 1. The number of aromatic nitrogens is 1. The largest absolute Gasteiger partial charge is 0.335 e. The first-order valence-electron chi connectivity index (χ1n) is 7.41. The van der Waals surface area contributed by atoms with Gasteiger partial charge in [0.2, 0.25) is 0 Å². The number of aryl methyl sites for hydroxylation is 1. The first-order chi connectivity index (χ1) is 11.0. The van der Waals surface area contributed by atoms with E-state index in [9.17, 15) is 13.6 Å². The van der Waals surface area contributed by atoms with Crippen LogP contribution in [0.15, 0.2) is 18.2 Å². The molecule has 0 spiro atoms. The summed E-state index contributed by atoms with van der Waals surface area (Å²) in [6.07, 6.45) is 0. The normalized spacial score (nSPS) is 17.5. The van der Waals surface area contributed by atoms with Crippen molar-refractivity contribution < 1.29 is 13.6 Å². The van der Waals surface area contributed by atoms with E-state index < -0.39 is 11.6 Å². The van der Waals surface area contributed by atoms with Crippen molar-refractivity contribution in [3.63, 3.8) is 0 Å². The van der Waals surface area contributed by atoms with E-state index in [0.29, 0.717) is 34.2 Å². The summed E-state index contributed by atoms with van der Waals surface area (Å²) in [5, 5.41) is 3.81. The van der Waals surface area contributed by atoms with E-state index in [-0.39, 0.29) is 24.4 Å². The lowest BCUT2D eigenvalue weighted by Crippen LogP contribution is -2.51. The highest BCUT2D eigenvalue weighted by atomic mass is 35.5. The van der Waals surface area contributed by atoms with E-state index in [1.54, 1.807) is 11.8 Å². The Balaban J connectivity index is 0.00000208. The van der Waals surface area contributed by atoms with Crippen LogP contribution in [-0.4, -0.2) is 41.5 Å². The van der Waals surface area contributed by atoms with Crippen LogP contribution in [0.1, 0.15) is 22.3 Å². The van der Waals surface area contributed by atoms with Crippen molar-refractivity contribution in [2.45, 2.75) is 19.9 Å². The summed E-state index contributed by atoms with van der Waals surface area (Å²) in [5.74, 6) is -1.87. The van der Waals surface area contributed by atoms with E-state index in [0.717, 1.165) is 18.7 Å². The molecule has 0 unspecified atom stereocenters. The average molecular weight is 374 g/mol. The monoisotopic (exact) mass is 373 g/mol. The summed E-state index contributed by atoms with van der Waals surface area (Å²) in [5.41, 5.74) is 1.09. The third-order valence-electron chi connectivity index (χ3n) is 3.81. The first kappa shape index (κ1) is 18.8. The minimum Gasteiger partial charge on any atom is -0.335 e. The third-order valence-corrected chi connectivity index (χ3v) is 5.01. The topological polar surface area (TPSA) is 45.2 Å². The van der Waals surface area contributed by atoms with E-state index in [4.69, 9.17) is 0 Å². The Morgan fingerprint density at radius 2 is 2.12 bits per heavy atom. The van der Waals surface area contributed by atoms with Gasteiger partial charge in [0, 0.05) is 31.2 Å². The lowest BCUT2D eigenvalue weighted by molar-refractivity contribution is 0.0713. The number of amides is 1. The minimum absolute atomic E-state index is 0. The van der Waals surface area contributed by atoms with Crippen molar-refractivity contribution in [1.82, 2.24) is 15.2 Å². The van der Waals surface area contributed by atoms with Crippen LogP contribution in [0.4, 0.5) is 8.78 Å². The van der Waals surface area contributed by atoms with Crippen LogP contribution in [0.5, 0.6) is 0 Å². The van der Waals surface area contributed by atoms with Crippen LogP contribution < -0.4 is 5.32 Å². The molecule has 0 saturated carbocycles. The Morgan fingerprint density at radius 3 is 2.79 bits per heavy atom. The molecule has 1 saturated heterocycles. The zero-order valence-corrected chi connectivity index (χ0v) is 14.9. The SMILES string of the molecule is Cc1nc(-c2ccc(F)c(F)c2)sc1C(=O)N1CCN[C@H](C)C1.Cl. The van der Waals surface area contributed by atoms with Gasteiger partial charge >= 0.3 is 0 Å². The molecule has 130 valence electrons. The molecule has 8 heteroatoms. The number of rotatable bonds is 2. The van der Waals surface area contributed by atoms with Gasteiger partial charge in [-0.05, 0) is 32.0 Å². The van der Waals surface area contributed by atoms with Crippen molar-refractivity contribution in [2.75, 3.05) is 19.6 Å². The van der Waals surface area contributed by atoms with Gasteiger partial charge in [-0.25, -0.2) is 13.8 Å². The summed E-state index contributed by atoms with van der Waals surface area (Å²) in [7, 11) is 0. The number of thiazole rings is 1. The quantitative estimate of drug-likeness (QED) is 0.878. The minimum atomic E-state index is -0.917. The second kappa shape index (κ2) is 7.55. The van der Waals surface area contributed by atoms with Gasteiger partial charge in [-0.3, -0.25) is 4.79 Å². The molecule has 1 aromatic heterocycles. The van der Waals surface area contributed by atoms with Gasteiger partial charge in [-0.1, -0.05) is 0 Å². The molecule has 0 aliphatic carbocycles. The second-order valence-corrected chi connectivity index (χ2v) is 6.67. The Bertz CT molecular complexity index is 753. The second-order valence-electron chi connectivity index (χ2n) is 5.67. The summed E-state index contributed by atoms with van der Waals surface area (Å²) in [6, 6.07) is 3.90. The fourth-order valence-corrected chi connectivity index (χ4v) is 3.64. The van der Waals surface area contributed by atoms with E-state index in [2.05, 4.69) is 10.3 Å². The van der Waals surface area contributed by atoms with E-state index >= 15 is 0 Å². The average Bonchev–Trinajstić information content (AvgIpc) is 2.91. The molecule has 1 N–H and O–H groups in total. The Labute approximate surface area is 149 Å². The number of hydrogen-bond donors (Lipinski definition) is 1. The van der Waals surface area contributed by atoms with E-state index in [1.807, 2.05) is 6.92 Å². The number of hydrogen-bond acceptors (Lipinski definition) is 4. The van der Waals surface area contributed by atoms with Gasteiger partial charge in [-0.2, -0.15) is 0 Å². The Hall–Kier alpha value is -1.57. The number of carbonyl (C=O) groups excluding carboxylic acids is 1. The van der Waals surface area contributed by atoms with Gasteiger partial charge in [0.05, 0.1) is 5.69 Å². The molecule has 0 radical (unpaired) electrons. The van der Waals surface area contributed by atoms with Gasteiger partial charge in [0.25, 0.3) is 5.91 Å². The smallest absolute Gasteiger partial charge is 0.265 e. The van der Waals surface area contributed by atoms with Crippen molar-refractivity contribution in [2.24, 2.45) is 0 Å². The highest BCUT2D eigenvalue weighted by Gasteiger charge is 2.25. The maximum Gasteiger partial charge on any atom is 0.265 e. The molecular formula is C16H18ClF2N3OS. The summed E-state index contributed by atoms with van der Waals surface area (Å²) >= 11 is 1.22. The fraction of sp³-hybridized carbons (Fsp3) is 0.375. The van der Waals surface area contributed by atoms with Crippen molar-refractivity contribution >= 4 is 29.7 Å².